The number of ether oxygens (including phenoxy) is 1. The molecule has 1 aromatic carbocycles. The summed E-state index contributed by atoms with van der Waals surface area (Å²) in [5.41, 5.74) is 2.84. The second-order valence-electron chi connectivity index (χ2n) is 9.06. The average molecular weight is 381 g/mol. The number of carbonyl (C=O) groups is 2. The van der Waals surface area contributed by atoms with Crippen molar-refractivity contribution in [3.63, 3.8) is 0 Å². The highest BCUT2D eigenvalue weighted by molar-refractivity contribution is 5.75. The number of carbonyl (C=O) groups excluding carboxylic acids is 2. The van der Waals surface area contributed by atoms with Crippen LogP contribution in [0.1, 0.15) is 44.7 Å². The molecule has 1 saturated heterocycles. The van der Waals surface area contributed by atoms with Crippen molar-refractivity contribution in [2.45, 2.75) is 45.6 Å². The molecule has 1 spiro atoms. The van der Waals surface area contributed by atoms with Crippen LogP contribution < -0.4 is 0 Å². The van der Waals surface area contributed by atoms with Crippen LogP contribution >= 0.6 is 0 Å². The van der Waals surface area contributed by atoms with Crippen LogP contribution in [0.15, 0.2) is 42.0 Å². The van der Waals surface area contributed by atoms with Crippen LogP contribution in [0.5, 0.6) is 0 Å². The smallest absolute Gasteiger partial charge is 0.309 e. The molecule has 0 radical (unpaired) electrons. The van der Waals surface area contributed by atoms with Gasteiger partial charge in [-0.2, -0.15) is 0 Å². The first kappa shape index (κ1) is 18.9. The summed E-state index contributed by atoms with van der Waals surface area (Å²) in [5.74, 6) is 1.000. The van der Waals surface area contributed by atoms with Gasteiger partial charge in [-0.3, -0.25) is 14.5 Å². The monoisotopic (exact) mass is 381 g/mol. The van der Waals surface area contributed by atoms with E-state index in [2.05, 4.69) is 41.4 Å². The molecule has 5 heteroatoms. The van der Waals surface area contributed by atoms with E-state index in [9.17, 15) is 9.59 Å². The SMILES string of the molecule is CC(C)(C)OC(=O)C1CC[N+]2(C=C(C=O)N3CCc4ccccc4C=C32)CC1. The minimum atomic E-state index is -0.455. The maximum absolute atomic E-state index is 12.5. The lowest BCUT2D eigenvalue weighted by Crippen LogP contribution is -2.49. The topological polar surface area (TPSA) is 46.6 Å². The molecule has 0 atom stereocenters. The highest BCUT2D eigenvalue weighted by Crippen LogP contribution is 2.41. The largest absolute Gasteiger partial charge is 0.460 e. The van der Waals surface area contributed by atoms with Gasteiger partial charge in [0, 0.05) is 25.5 Å². The molecule has 0 aliphatic carbocycles. The number of nitrogens with zero attached hydrogens (tertiary/aromatic N) is 2. The fourth-order valence-corrected chi connectivity index (χ4v) is 4.59. The molecule has 0 N–H and O–H groups in total. The van der Waals surface area contributed by atoms with E-state index in [1.54, 1.807) is 0 Å². The molecule has 5 nitrogen and oxygen atoms in total. The molecule has 0 saturated carbocycles. The van der Waals surface area contributed by atoms with Crippen molar-refractivity contribution in [2.75, 3.05) is 19.6 Å². The second-order valence-corrected chi connectivity index (χ2v) is 9.06. The Labute approximate surface area is 166 Å². The minimum Gasteiger partial charge on any atom is -0.460 e. The summed E-state index contributed by atoms with van der Waals surface area (Å²) in [6.07, 6.45) is 7.76. The molecule has 1 aromatic rings. The zero-order chi connectivity index (χ0) is 19.9. The van der Waals surface area contributed by atoms with Gasteiger partial charge in [-0.1, -0.05) is 24.3 Å². The van der Waals surface area contributed by atoms with Crippen molar-refractivity contribution in [2.24, 2.45) is 5.92 Å². The molecule has 0 unspecified atom stereocenters. The lowest BCUT2D eigenvalue weighted by Gasteiger charge is -2.39. The highest BCUT2D eigenvalue weighted by Gasteiger charge is 2.47. The standard InChI is InChI=1S/C23H29N2O3/c1-23(2,3)28-22(27)18-9-12-25(13-10-18)15-20(16-26)24-11-8-17-6-4-5-7-19(17)14-21(24)25/h4-7,14-16,18H,8-13H2,1-3H3/q+1. The van der Waals surface area contributed by atoms with E-state index in [0.717, 1.165) is 56.7 Å². The quantitative estimate of drug-likeness (QED) is 0.447. The Morgan fingerprint density at radius 1 is 1.21 bits per heavy atom. The summed E-state index contributed by atoms with van der Waals surface area (Å²) in [4.78, 5) is 26.5. The molecule has 0 bridgehead atoms. The summed E-state index contributed by atoms with van der Waals surface area (Å²) in [7, 11) is 0. The number of aldehydes is 1. The number of fused-ring (bicyclic) bond motifs is 3. The predicted octanol–water partition coefficient (Wildman–Crippen LogP) is 3.47. The van der Waals surface area contributed by atoms with Crippen molar-refractivity contribution >= 4 is 18.3 Å². The summed E-state index contributed by atoms with van der Waals surface area (Å²) < 4.78 is 6.26. The molecular formula is C23H29N2O3+. The van der Waals surface area contributed by atoms with Gasteiger partial charge in [-0.15, -0.1) is 0 Å². The maximum atomic E-state index is 12.5. The van der Waals surface area contributed by atoms with Crippen LogP contribution in [0.3, 0.4) is 0 Å². The number of quaternary nitrogens is 1. The third-order valence-electron chi connectivity index (χ3n) is 5.98. The molecule has 0 aromatic heterocycles. The molecule has 4 rings (SSSR count). The Morgan fingerprint density at radius 2 is 1.93 bits per heavy atom. The number of rotatable bonds is 2. The fourth-order valence-electron chi connectivity index (χ4n) is 4.59. The molecule has 148 valence electrons. The van der Waals surface area contributed by atoms with Crippen LogP contribution in [-0.2, 0) is 20.7 Å². The normalized spacial score (nSPS) is 26.7. The Kier molecular flexibility index (Phi) is 4.66. The van der Waals surface area contributed by atoms with Gasteiger partial charge in [0.15, 0.2) is 6.29 Å². The third-order valence-corrected chi connectivity index (χ3v) is 5.98. The lowest BCUT2D eigenvalue weighted by atomic mass is 9.94. The average Bonchev–Trinajstić information content (AvgIpc) is 2.80. The number of allylic oxidation sites excluding steroid dienone is 1. The van der Waals surface area contributed by atoms with E-state index < -0.39 is 5.60 Å². The zero-order valence-electron chi connectivity index (χ0n) is 17.0. The lowest BCUT2D eigenvalue weighted by molar-refractivity contribution is -0.848. The van der Waals surface area contributed by atoms with Crippen LogP contribution in [0, 0.1) is 5.92 Å². The van der Waals surface area contributed by atoms with E-state index in [4.69, 9.17) is 4.74 Å². The van der Waals surface area contributed by atoms with Gasteiger partial charge >= 0.3 is 5.97 Å². The number of benzene rings is 1. The zero-order valence-corrected chi connectivity index (χ0v) is 17.0. The summed E-state index contributed by atoms with van der Waals surface area (Å²) >= 11 is 0. The molecule has 3 heterocycles. The van der Waals surface area contributed by atoms with Crippen molar-refractivity contribution in [1.29, 1.82) is 0 Å². The number of hydrogen-bond acceptors (Lipinski definition) is 4. The molecule has 3 aliphatic rings. The molecule has 28 heavy (non-hydrogen) atoms. The Hall–Kier alpha value is -2.40. The number of hydrogen-bond donors (Lipinski definition) is 0. The minimum absolute atomic E-state index is 0.0660. The number of esters is 1. The van der Waals surface area contributed by atoms with E-state index in [1.807, 2.05) is 20.8 Å². The molecule has 3 aliphatic heterocycles. The first-order valence-electron chi connectivity index (χ1n) is 10.2. The van der Waals surface area contributed by atoms with Crippen molar-refractivity contribution in [3.05, 3.63) is 53.1 Å². The van der Waals surface area contributed by atoms with Crippen LogP contribution in [0.4, 0.5) is 0 Å². The summed E-state index contributed by atoms with van der Waals surface area (Å²) in [6.45, 7) is 8.16. The first-order valence-corrected chi connectivity index (χ1v) is 10.2. The van der Waals surface area contributed by atoms with E-state index in [0.29, 0.717) is 4.48 Å². The Bertz CT molecular complexity index is 855. The van der Waals surface area contributed by atoms with Gasteiger partial charge in [0.2, 0.25) is 5.82 Å². The van der Waals surface area contributed by atoms with Crippen LogP contribution in [0.2, 0.25) is 0 Å². The van der Waals surface area contributed by atoms with Gasteiger partial charge in [0.1, 0.15) is 17.5 Å². The van der Waals surface area contributed by atoms with E-state index >= 15 is 0 Å². The molecule has 1 fully saturated rings. The second kappa shape index (κ2) is 6.89. The van der Waals surface area contributed by atoms with Gasteiger partial charge in [0.05, 0.1) is 19.0 Å². The van der Waals surface area contributed by atoms with Crippen LogP contribution in [-0.4, -0.2) is 46.9 Å². The highest BCUT2D eigenvalue weighted by atomic mass is 16.6. The van der Waals surface area contributed by atoms with Gasteiger partial charge in [-0.05, 0) is 38.3 Å². The fraction of sp³-hybridized carbons (Fsp3) is 0.478. The summed E-state index contributed by atoms with van der Waals surface area (Å²) in [5, 5.41) is 0. The predicted molar refractivity (Wildman–Crippen MR) is 108 cm³/mol. The van der Waals surface area contributed by atoms with Crippen molar-refractivity contribution in [3.8, 4) is 0 Å². The first-order chi connectivity index (χ1) is 13.3. The van der Waals surface area contributed by atoms with Crippen molar-refractivity contribution < 1.29 is 18.8 Å². The Balaban J connectivity index is 1.61. The molecular weight excluding hydrogens is 352 g/mol. The molecule has 0 amide bonds. The van der Waals surface area contributed by atoms with Gasteiger partial charge in [-0.25, -0.2) is 4.48 Å². The van der Waals surface area contributed by atoms with E-state index in [1.165, 1.54) is 11.1 Å². The summed E-state index contributed by atoms with van der Waals surface area (Å²) in [6, 6.07) is 8.45. The van der Waals surface area contributed by atoms with Gasteiger partial charge in [0.25, 0.3) is 0 Å². The Morgan fingerprint density at radius 3 is 2.61 bits per heavy atom. The maximum Gasteiger partial charge on any atom is 0.309 e. The number of piperidine rings is 1. The van der Waals surface area contributed by atoms with E-state index in [-0.39, 0.29) is 11.9 Å². The third kappa shape index (κ3) is 3.39. The van der Waals surface area contributed by atoms with Crippen LogP contribution in [0.25, 0.3) is 6.08 Å². The van der Waals surface area contributed by atoms with Crippen molar-refractivity contribution in [1.82, 2.24) is 4.90 Å². The van der Waals surface area contributed by atoms with Gasteiger partial charge < -0.3 is 4.74 Å².